The summed E-state index contributed by atoms with van der Waals surface area (Å²) >= 11 is 3.61. The second kappa shape index (κ2) is 5.87. The molecule has 1 aliphatic rings. The van der Waals surface area contributed by atoms with E-state index in [0.717, 1.165) is 25.2 Å². The average Bonchev–Trinajstić information content (AvgIpc) is 2.36. The molecule has 2 nitrogen and oxygen atoms in total. The van der Waals surface area contributed by atoms with Crippen LogP contribution in [0, 0.1) is 0 Å². The molecule has 2 rings (SSSR count). The molecule has 0 aliphatic heterocycles. The third-order valence-corrected chi connectivity index (χ3v) is 4.07. The van der Waals surface area contributed by atoms with E-state index in [2.05, 4.69) is 35.0 Å². The van der Waals surface area contributed by atoms with E-state index in [1.807, 2.05) is 19.1 Å². The zero-order chi connectivity index (χ0) is 12.3. The Balaban J connectivity index is 2.01. The van der Waals surface area contributed by atoms with Crippen molar-refractivity contribution in [1.29, 1.82) is 0 Å². The lowest BCUT2D eigenvalue weighted by Gasteiger charge is -2.41. The normalized spacial score (nSPS) is 27.6. The highest BCUT2D eigenvalue weighted by Gasteiger charge is 2.42. The summed E-state index contributed by atoms with van der Waals surface area (Å²) in [5.41, 5.74) is 1.26. The Labute approximate surface area is 111 Å². The second-order valence-corrected chi connectivity index (χ2v) is 5.47. The Hall–Kier alpha value is -0.540. The van der Waals surface area contributed by atoms with Crippen molar-refractivity contribution in [3.05, 3.63) is 29.8 Å². The molecule has 0 aromatic heterocycles. The van der Waals surface area contributed by atoms with Crippen molar-refractivity contribution in [3.63, 3.8) is 0 Å². The molecule has 1 saturated carbocycles. The van der Waals surface area contributed by atoms with E-state index in [9.17, 15) is 0 Å². The fourth-order valence-electron chi connectivity index (χ4n) is 2.12. The number of para-hydroxylation sites is 1. The van der Waals surface area contributed by atoms with E-state index in [0.29, 0.717) is 4.83 Å². The number of hydrogen-bond donors (Lipinski definition) is 0. The van der Waals surface area contributed by atoms with Gasteiger partial charge in [-0.3, -0.25) is 0 Å². The van der Waals surface area contributed by atoms with Gasteiger partial charge >= 0.3 is 0 Å². The summed E-state index contributed by atoms with van der Waals surface area (Å²) in [4.78, 5) is 0.432. The first kappa shape index (κ1) is 12.9. The van der Waals surface area contributed by atoms with Crippen molar-refractivity contribution in [2.45, 2.75) is 43.7 Å². The van der Waals surface area contributed by atoms with Crippen LogP contribution in [0.15, 0.2) is 24.3 Å². The van der Waals surface area contributed by atoms with Crippen molar-refractivity contribution in [2.24, 2.45) is 0 Å². The summed E-state index contributed by atoms with van der Waals surface area (Å²) in [7, 11) is 0. The van der Waals surface area contributed by atoms with Gasteiger partial charge in [-0.2, -0.15) is 0 Å². The SMILES string of the molecule is CCOC1C(Br)CC1Oc1ccccc1CC. The number of alkyl halides is 1. The molecule has 0 heterocycles. The maximum atomic E-state index is 6.05. The van der Waals surface area contributed by atoms with Crippen LogP contribution in [0.2, 0.25) is 0 Å². The topological polar surface area (TPSA) is 18.5 Å². The molecule has 3 atom stereocenters. The monoisotopic (exact) mass is 298 g/mol. The molecule has 1 aliphatic carbocycles. The Kier molecular flexibility index (Phi) is 4.46. The number of ether oxygens (including phenoxy) is 2. The zero-order valence-corrected chi connectivity index (χ0v) is 11.9. The van der Waals surface area contributed by atoms with Crippen molar-refractivity contribution in [2.75, 3.05) is 6.61 Å². The van der Waals surface area contributed by atoms with Gasteiger partial charge in [0.25, 0.3) is 0 Å². The van der Waals surface area contributed by atoms with E-state index in [4.69, 9.17) is 9.47 Å². The highest BCUT2D eigenvalue weighted by atomic mass is 79.9. The predicted octanol–water partition coefficient (Wildman–Crippen LogP) is 3.57. The van der Waals surface area contributed by atoms with Crippen LogP contribution in [0.25, 0.3) is 0 Å². The van der Waals surface area contributed by atoms with E-state index in [-0.39, 0.29) is 12.2 Å². The van der Waals surface area contributed by atoms with Crippen LogP contribution in [-0.4, -0.2) is 23.6 Å². The van der Waals surface area contributed by atoms with Gasteiger partial charge in [0.1, 0.15) is 18.0 Å². The summed E-state index contributed by atoms with van der Waals surface area (Å²) in [6, 6.07) is 8.24. The van der Waals surface area contributed by atoms with Crippen molar-refractivity contribution in [1.82, 2.24) is 0 Å². The molecule has 1 aromatic rings. The largest absolute Gasteiger partial charge is 0.487 e. The minimum absolute atomic E-state index is 0.185. The van der Waals surface area contributed by atoms with E-state index >= 15 is 0 Å². The molecule has 0 spiro atoms. The Morgan fingerprint density at radius 2 is 2.06 bits per heavy atom. The number of hydrogen-bond acceptors (Lipinski definition) is 2. The lowest BCUT2D eigenvalue weighted by Crippen LogP contribution is -2.52. The molecule has 3 unspecified atom stereocenters. The van der Waals surface area contributed by atoms with Gasteiger partial charge in [0.05, 0.1) is 0 Å². The highest BCUT2D eigenvalue weighted by Crippen LogP contribution is 2.35. The molecule has 94 valence electrons. The first-order valence-corrected chi connectivity index (χ1v) is 7.18. The smallest absolute Gasteiger partial charge is 0.127 e. The molecule has 1 aromatic carbocycles. The van der Waals surface area contributed by atoms with E-state index in [1.165, 1.54) is 5.56 Å². The summed E-state index contributed by atoms with van der Waals surface area (Å²) in [5, 5.41) is 0. The highest BCUT2D eigenvalue weighted by molar-refractivity contribution is 9.09. The molecule has 0 N–H and O–H groups in total. The summed E-state index contributed by atoms with van der Waals surface area (Å²) in [5.74, 6) is 1.00. The molecular weight excluding hydrogens is 280 g/mol. The maximum Gasteiger partial charge on any atom is 0.127 e. The van der Waals surface area contributed by atoms with Gasteiger partial charge in [-0.05, 0) is 25.0 Å². The third-order valence-electron chi connectivity index (χ3n) is 3.17. The molecule has 3 heteroatoms. The first-order chi connectivity index (χ1) is 8.26. The van der Waals surface area contributed by atoms with Crippen molar-refractivity contribution < 1.29 is 9.47 Å². The fourth-order valence-corrected chi connectivity index (χ4v) is 2.98. The Bertz CT molecular complexity index is 367. The predicted molar refractivity (Wildman–Crippen MR) is 73.0 cm³/mol. The van der Waals surface area contributed by atoms with Gasteiger partial charge in [0.15, 0.2) is 0 Å². The first-order valence-electron chi connectivity index (χ1n) is 6.26. The molecule has 17 heavy (non-hydrogen) atoms. The van der Waals surface area contributed by atoms with Gasteiger partial charge in [-0.25, -0.2) is 0 Å². The summed E-state index contributed by atoms with van der Waals surface area (Å²) in [6.45, 7) is 4.91. The Morgan fingerprint density at radius 3 is 2.71 bits per heavy atom. The molecule has 0 saturated heterocycles. The number of aryl methyl sites for hydroxylation is 1. The van der Waals surface area contributed by atoms with Crippen LogP contribution in [0.4, 0.5) is 0 Å². The molecule has 0 bridgehead atoms. The van der Waals surface area contributed by atoms with Crippen LogP contribution in [0.1, 0.15) is 25.8 Å². The molecule has 0 radical (unpaired) electrons. The minimum Gasteiger partial charge on any atom is -0.487 e. The fraction of sp³-hybridized carbons (Fsp3) is 0.571. The van der Waals surface area contributed by atoms with Crippen LogP contribution in [0.5, 0.6) is 5.75 Å². The van der Waals surface area contributed by atoms with Gasteiger partial charge in [0.2, 0.25) is 0 Å². The lowest BCUT2D eigenvalue weighted by molar-refractivity contribution is -0.0725. The van der Waals surface area contributed by atoms with Gasteiger partial charge in [-0.15, -0.1) is 0 Å². The summed E-state index contributed by atoms with van der Waals surface area (Å²) in [6.07, 6.45) is 2.39. The van der Waals surface area contributed by atoms with E-state index < -0.39 is 0 Å². The van der Waals surface area contributed by atoms with Crippen LogP contribution in [0.3, 0.4) is 0 Å². The lowest BCUT2D eigenvalue weighted by atomic mass is 9.91. The van der Waals surface area contributed by atoms with Crippen LogP contribution in [-0.2, 0) is 11.2 Å². The minimum atomic E-state index is 0.185. The maximum absolute atomic E-state index is 6.05. The molecular formula is C14H19BrO2. The standard InChI is InChI=1S/C14H19BrO2/c1-3-10-7-5-6-8-12(10)17-13-9-11(15)14(13)16-4-2/h5-8,11,13-14H,3-4,9H2,1-2H3. The third kappa shape index (κ3) is 2.83. The second-order valence-electron chi connectivity index (χ2n) is 4.29. The molecule has 1 fully saturated rings. The van der Waals surface area contributed by atoms with Gasteiger partial charge in [-0.1, -0.05) is 41.1 Å². The van der Waals surface area contributed by atoms with Crippen LogP contribution >= 0.6 is 15.9 Å². The Morgan fingerprint density at radius 1 is 1.29 bits per heavy atom. The quantitative estimate of drug-likeness (QED) is 0.774. The molecule has 0 amide bonds. The van der Waals surface area contributed by atoms with Crippen LogP contribution < -0.4 is 4.74 Å². The number of benzene rings is 1. The zero-order valence-electron chi connectivity index (χ0n) is 10.4. The number of rotatable bonds is 5. The average molecular weight is 299 g/mol. The van der Waals surface area contributed by atoms with Gasteiger partial charge < -0.3 is 9.47 Å². The van der Waals surface area contributed by atoms with E-state index in [1.54, 1.807) is 0 Å². The number of halogens is 1. The van der Waals surface area contributed by atoms with Crippen molar-refractivity contribution >= 4 is 15.9 Å². The van der Waals surface area contributed by atoms with Gasteiger partial charge in [0, 0.05) is 17.9 Å². The summed E-state index contributed by atoms with van der Waals surface area (Å²) < 4.78 is 11.7. The van der Waals surface area contributed by atoms with Crippen molar-refractivity contribution in [3.8, 4) is 5.75 Å².